The van der Waals surface area contributed by atoms with Crippen molar-refractivity contribution in [2.75, 3.05) is 49.6 Å². The van der Waals surface area contributed by atoms with Gasteiger partial charge >= 0.3 is 0 Å². The lowest BCUT2D eigenvalue weighted by atomic mass is 10.2. The summed E-state index contributed by atoms with van der Waals surface area (Å²) >= 11 is 0. The highest BCUT2D eigenvalue weighted by molar-refractivity contribution is 5.95. The predicted octanol–water partition coefficient (Wildman–Crippen LogP) is 3.09. The molecule has 3 rings (SSSR count). The summed E-state index contributed by atoms with van der Waals surface area (Å²) in [5, 5.41) is 2.87. The maximum atomic E-state index is 12.8. The van der Waals surface area contributed by atoms with Crippen LogP contribution in [0, 0.1) is 6.92 Å². The molecule has 1 heterocycles. The molecule has 0 radical (unpaired) electrons. The van der Waals surface area contributed by atoms with Crippen LogP contribution < -0.4 is 15.0 Å². The van der Waals surface area contributed by atoms with E-state index in [4.69, 9.17) is 9.47 Å². The van der Waals surface area contributed by atoms with Crippen molar-refractivity contribution in [2.24, 2.45) is 0 Å². The number of nitrogens with zero attached hydrogens (tertiary/aromatic N) is 2. The lowest BCUT2D eigenvalue weighted by molar-refractivity contribution is -0.140. The Morgan fingerprint density at radius 1 is 1.16 bits per heavy atom. The van der Waals surface area contributed by atoms with Crippen LogP contribution >= 0.6 is 0 Å². The zero-order valence-corrected chi connectivity index (χ0v) is 18.5. The molecule has 7 heteroatoms. The SMILES string of the molecule is CCN(CC(=O)Nc1ccc(N2CCOCC2)cc1)C(=O)C(C)Oc1cccc(C)c1. The van der Waals surface area contributed by atoms with Crippen molar-refractivity contribution in [3.8, 4) is 5.75 Å². The molecule has 0 aliphatic carbocycles. The molecule has 7 nitrogen and oxygen atoms in total. The third kappa shape index (κ3) is 6.46. The number of carbonyl (C=O) groups is 2. The molecule has 2 amide bonds. The second-order valence-electron chi connectivity index (χ2n) is 7.62. The molecule has 1 aliphatic heterocycles. The van der Waals surface area contributed by atoms with Gasteiger partial charge in [-0.05, 0) is 62.7 Å². The second-order valence-corrected chi connectivity index (χ2v) is 7.62. The van der Waals surface area contributed by atoms with Crippen molar-refractivity contribution in [1.82, 2.24) is 4.90 Å². The molecule has 1 saturated heterocycles. The van der Waals surface area contributed by atoms with Gasteiger partial charge in [0.15, 0.2) is 6.10 Å². The van der Waals surface area contributed by atoms with E-state index in [-0.39, 0.29) is 18.4 Å². The van der Waals surface area contributed by atoms with Crippen molar-refractivity contribution in [3.63, 3.8) is 0 Å². The summed E-state index contributed by atoms with van der Waals surface area (Å²) in [6, 6.07) is 15.3. The van der Waals surface area contributed by atoms with E-state index in [1.807, 2.05) is 62.4 Å². The Bertz CT molecular complexity index is 879. The molecule has 166 valence electrons. The van der Waals surface area contributed by atoms with Crippen LogP contribution in [0.1, 0.15) is 19.4 Å². The first-order valence-electron chi connectivity index (χ1n) is 10.7. The van der Waals surface area contributed by atoms with E-state index < -0.39 is 6.10 Å². The Balaban J connectivity index is 1.53. The first kappa shape index (κ1) is 22.6. The Morgan fingerprint density at radius 3 is 2.52 bits per heavy atom. The molecule has 1 fully saturated rings. The van der Waals surface area contributed by atoms with Crippen LogP contribution in [0.5, 0.6) is 5.75 Å². The minimum Gasteiger partial charge on any atom is -0.481 e. The van der Waals surface area contributed by atoms with E-state index in [9.17, 15) is 9.59 Å². The molecule has 2 aromatic carbocycles. The van der Waals surface area contributed by atoms with Gasteiger partial charge in [-0.1, -0.05) is 12.1 Å². The topological polar surface area (TPSA) is 71.1 Å². The van der Waals surface area contributed by atoms with Gasteiger partial charge in [0.05, 0.1) is 19.8 Å². The number of hydrogen-bond acceptors (Lipinski definition) is 5. The normalized spacial score (nSPS) is 14.6. The second kappa shape index (κ2) is 10.8. The van der Waals surface area contributed by atoms with Gasteiger partial charge in [0, 0.05) is 31.0 Å². The number of ether oxygens (including phenoxy) is 2. The van der Waals surface area contributed by atoms with E-state index in [0.717, 1.165) is 37.6 Å². The number of benzene rings is 2. The van der Waals surface area contributed by atoms with Crippen molar-refractivity contribution in [3.05, 3.63) is 54.1 Å². The molecule has 2 aromatic rings. The summed E-state index contributed by atoms with van der Waals surface area (Å²) in [6.07, 6.45) is -0.678. The number of rotatable bonds is 8. The first-order valence-corrected chi connectivity index (χ1v) is 10.7. The van der Waals surface area contributed by atoms with E-state index >= 15 is 0 Å². The number of carbonyl (C=O) groups excluding carboxylic acids is 2. The Labute approximate surface area is 183 Å². The van der Waals surface area contributed by atoms with Crippen molar-refractivity contribution < 1.29 is 19.1 Å². The molecular weight excluding hydrogens is 394 g/mol. The number of hydrogen-bond donors (Lipinski definition) is 1. The third-order valence-corrected chi connectivity index (χ3v) is 5.21. The summed E-state index contributed by atoms with van der Waals surface area (Å²) in [7, 11) is 0. The minimum atomic E-state index is -0.678. The molecule has 31 heavy (non-hydrogen) atoms. The van der Waals surface area contributed by atoms with E-state index in [0.29, 0.717) is 18.0 Å². The number of nitrogens with one attached hydrogen (secondary N) is 1. The lowest BCUT2D eigenvalue weighted by Gasteiger charge is -2.29. The summed E-state index contributed by atoms with van der Waals surface area (Å²) in [6.45, 7) is 9.10. The third-order valence-electron chi connectivity index (χ3n) is 5.21. The number of anilines is 2. The van der Waals surface area contributed by atoms with Gasteiger partial charge in [-0.15, -0.1) is 0 Å². The average Bonchev–Trinajstić information content (AvgIpc) is 2.78. The fraction of sp³-hybridized carbons (Fsp3) is 0.417. The predicted molar refractivity (Wildman–Crippen MR) is 122 cm³/mol. The van der Waals surface area contributed by atoms with Gasteiger partial charge in [0.2, 0.25) is 5.91 Å². The van der Waals surface area contributed by atoms with E-state index in [2.05, 4.69) is 10.2 Å². The van der Waals surface area contributed by atoms with Gasteiger partial charge in [0.1, 0.15) is 5.75 Å². The first-order chi connectivity index (χ1) is 15.0. The van der Waals surface area contributed by atoms with Gasteiger partial charge < -0.3 is 24.6 Å². The molecule has 0 saturated carbocycles. The fourth-order valence-corrected chi connectivity index (χ4v) is 3.50. The Hall–Kier alpha value is -3.06. The highest BCUT2D eigenvalue weighted by Crippen LogP contribution is 2.19. The van der Waals surface area contributed by atoms with E-state index in [1.165, 1.54) is 4.90 Å². The van der Waals surface area contributed by atoms with Crippen LogP contribution in [0.2, 0.25) is 0 Å². The molecule has 0 bridgehead atoms. The fourth-order valence-electron chi connectivity index (χ4n) is 3.50. The zero-order valence-electron chi connectivity index (χ0n) is 18.5. The molecule has 1 unspecified atom stereocenters. The molecule has 1 atom stereocenters. The molecular formula is C24H31N3O4. The maximum Gasteiger partial charge on any atom is 0.263 e. The summed E-state index contributed by atoms with van der Waals surface area (Å²) in [5.41, 5.74) is 2.87. The maximum absolute atomic E-state index is 12.8. The van der Waals surface area contributed by atoms with Crippen LogP contribution in [0.15, 0.2) is 48.5 Å². The smallest absolute Gasteiger partial charge is 0.263 e. The lowest BCUT2D eigenvalue weighted by Crippen LogP contribution is -2.44. The number of likely N-dealkylation sites (N-methyl/N-ethyl adjacent to an activating group) is 1. The summed E-state index contributed by atoms with van der Waals surface area (Å²) < 4.78 is 11.2. The van der Waals surface area contributed by atoms with Gasteiger partial charge in [-0.2, -0.15) is 0 Å². The molecule has 1 N–H and O–H groups in total. The van der Waals surface area contributed by atoms with Crippen molar-refractivity contribution >= 4 is 23.2 Å². The van der Waals surface area contributed by atoms with Crippen LogP contribution in [-0.4, -0.2) is 62.2 Å². The number of morpholine rings is 1. The van der Waals surface area contributed by atoms with Crippen LogP contribution in [-0.2, 0) is 14.3 Å². The summed E-state index contributed by atoms with van der Waals surface area (Å²) in [5.74, 6) is 0.181. The summed E-state index contributed by atoms with van der Waals surface area (Å²) in [4.78, 5) is 29.1. The standard InChI is InChI=1S/C24H31N3O4/c1-4-26(24(29)19(3)31-22-7-5-6-18(2)16-22)17-23(28)25-20-8-10-21(11-9-20)27-12-14-30-15-13-27/h5-11,16,19H,4,12-15,17H2,1-3H3,(H,25,28). The van der Waals surface area contributed by atoms with Crippen LogP contribution in [0.3, 0.4) is 0 Å². The monoisotopic (exact) mass is 425 g/mol. The number of aryl methyl sites for hydroxylation is 1. The highest BCUT2D eigenvalue weighted by Gasteiger charge is 2.23. The Morgan fingerprint density at radius 2 is 1.87 bits per heavy atom. The molecule has 0 aromatic heterocycles. The van der Waals surface area contributed by atoms with Gasteiger partial charge in [-0.3, -0.25) is 9.59 Å². The Kier molecular flexibility index (Phi) is 7.89. The highest BCUT2D eigenvalue weighted by atomic mass is 16.5. The van der Waals surface area contributed by atoms with Gasteiger partial charge in [-0.25, -0.2) is 0 Å². The minimum absolute atomic E-state index is 0.0257. The largest absolute Gasteiger partial charge is 0.481 e. The number of amides is 2. The zero-order chi connectivity index (χ0) is 22.2. The van der Waals surface area contributed by atoms with Gasteiger partial charge in [0.25, 0.3) is 5.91 Å². The average molecular weight is 426 g/mol. The quantitative estimate of drug-likeness (QED) is 0.704. The van der Waals surface area contributed by atoms with Crippen molar-refractivity contribution in [1.29, 1.82) is 0 Å². The molecule has 0 spiro atoms. The van der Waals surface area contributed by atoms with Crippen LogP contribution in [0.25, 0.3) is 0 Å². The molecule has 1 aliphatic rings. The van der Waals surface area contributed by atoms with Crippen molar-refractivity contribution in [2.45, 2.75) is 26.9 Å². The van der Waals surface area contributed by atoms with Crippen LogP contribution in [0.4, 0.5) is 11.4 Å². The van der Waals surface area contributed by atoms with E-state index in [1.54, 1.807) is 6.92 Å².